The number of amides is 1. The quantitative estimate of drug-likeness (QED) is 0.292. The fourth-order valence-corrected chi connectivity index (χ4v) is 6.21. The first kappa shape index (κ1) is 27.7. The van der Waals surface area contributed by atoms with Gasteiger partial charge >= 0.3 is 6.09 Å². The number of piperidine rings is 1. The highest BCUT2D eigenvalue weighted by atomic mass is 16.6. The third kappa shape index (κ3) is 5.92. The van der Waals surface area contributed by atoms with Crippen LogP contribution >= 0.6 is 0 Å². The van der Waals surface area contributed by atoms with Crippen molar-refractivity contribution in [3.05, 3.63) is 77.2 Å². The zero-order valence-corrected chi connectivity index (χ0v) is 25.1. The number of carbonyl (C=O) groups is 2. The van der Waals surface area contributed by atoms with E-state index in [0.717, 1.165) is 52.8 Å². The topological polar surface area (TPSA) is 94.0 Å². The fraction of sp³-hybridized carbons (Fsp3) is 0.457. The van der Waals surface area contributed by atoms with Crippen LogP contribution in [0.2, 0.25) is 0 Å². The molecule has 0 radical (unpaired) electrons. The highest BCUT2D eigenvalue weighted by Crippen LogP contribution is 2.54. The molecule has 222 valence electrons. The van der Waals surface area contributed by atoms with Gasteiger partial charge in [-0.2, -0.15) is 0 Å². The first-order valence-corrected chi connectivity index (χ1v) is 15.4. The number of ketones is 1. The average molecular weight is 579 g/mol. The smallest absolute Gasteiger partial charge is 0.410 e. The van der Waals surface area contributed by atoms with Crippen LogP contribution in [0.25, 0.3) is 11.1 Å². The molecule has 4 aliphatic rings. The van der Waals surface area contributed by atoms with E-state index in [9.17, 15) is 9.59 Å². The van der Waals surface area contributed by atoms with Crippen LogP contribution in [-0.4, -0.2) is 57.3 Å². The van der Waals surface area contributed by atoms with Gasteiger partial charge < -0.3 is 14.4 Å². The molecule has 2 saturated carbocycles. The van der Waals surface area contributed by atoms with Crippen LogP contribution in [0.5, 0.6) is 5.88 Å². The molecule has 8 heteroatoms. The number of hydrogen-bond donors (Lipinski definition) is 0. The molecule has 2 aliphatic heterocycles. The maximum Gasteiger partial charge on any atom is 0.410 e. The van der Waals surface area contributed by atoms with Crippen LogP contribution in [0.15, 0.2) is 59.9 Å². The predicted octanol–water partition coefficient (Wildman–Crippen LogP) is 6.65. The standard InChI is InChI=1S/C35H38N4O4/c1-34(2,3)43-33(41)39-14-13-35(11-12-35)30(21-39)42-31-20-36-19-28(38-31)32-27-17-24(9-10-26(27)18-37-32)23-5-4-6-25(16-23)29(40)15-22-7-8-22/h4-6,9-10,16-17,19-20,22,30H,7-8,11-15,18,21H2,1-3H3/t30-/m0/s1. The lowest BCUT2D eigenvalue weighted by atomic mass is 9.90. The van der Waals surface area contributed by atoms with Crippen molar-refractivity contribution in [1.29, 1.82) is 0 Å². The summed E-state index contributed by atoms with van der Waals surface area (Å²) >= 11 is 0. The largest absolute Gasteiger partial charge is 0.471 e. The van der Waals surface area contributed by atoms with E-state index in [1.54, 1.807) is 17.3 Å². The predicted molar refractivity (Wildman–Crippen MR) is 163 cm³/mol. The SMILES string of the molecule is CC(C)(C)OC(=O)N1CCC2(CC2)[C@@H](Oc2cncc(C3=NCc4ccc(-c5cccc(C(=O)CC6CC6)c5)cc43)n2)C1. The molecular formula is C35H38N4O4. The first-order chi connectivity index (χ1) is 20.7. The Kier molecular flexibility index (Phi) is 6.83. The van der Waals surface area contributed by atoms with Gasteiger partial charge in [-0.3, -0.25) is 14.8 Å². The molecule has 3 fully saturated rings. The van der Waals surface area contributed by atoms with Gasteiger partial charge in [0.15, 0.2) is 5.78 Å². The molecule has 1 spiro atoms. The lowest BCUT2D eigenvalue weighted by molar-refractivity contribution is -0.0120. The number of fused-ring (bicyclic) bond motifs is 1. The van der Waals surface area contributed by atoms with E-state index in [-0.39, 0.29) is 23.4 Å². The molecule has 3 aromatic rings. The number of hydrogen-bond acceptors (Lipinski definition) is 7. The third-order valence-corrected chi connectivity index (χ3v) is 9.07. The van der Waals surface area contributed by atoms with Crippen molar-refractivity contribution in [3.63, 3.8) is 0 Å². The second kappa shape index (κ2) is 10.6. The summed E-state index contributed by atoms with van der Waals surface area (Å²) in [5.74, 6) is 1.22. The van der Waals surface area contributed by atoms with Gasteiger partial charge in [-0.05, 0) is 87.6 Å². The molecule has 1 atom stereocenters. The molecule has 1 saturated heterocycles. The van der Waals surface area contributed by atoms with Gasteiger partial charge in [0.2, 0.25) is 5.88 Å². The summed E-state index contributed by atoms with van der Waals surface area (Å²) in [6, 6.07) is 14.3. The summed E-state index contributed by atoms with van der Waals surface area (Å²) in [4.78, 5) is 41.5. The summed E-state index contributed by atoms with van der Waals surface area (Å²) < 4.78 is 12.1. The minimum absolute atomic E-state index is 0.0805. The fourth-order valence-electron chi connectivity index (χ4n) is 6.21. The maximum absolute atomic E-state index is 12.8. The second-order valence-corrected chi connectivity index (χ2v) is 13.6. The number of aliphatic imine (C=N–C) groups is 1. The van der Waals surface area contributed by atoms with Crippen LogP contribution in [0.3, 0.4) is 0 Å². The molecule has 1 amide bonds. The number of likely N-dealkylation sites (tertiary alicyclic amines) is 1. The molecule has 43 heavy (non-hydrogen) atoms. The number of benzene rings is 2. The van der Waals surface area contributed by atoms with Crippen molar-refractivity contribution in [2.45, 2.75) is 77.5 Å². The lowest BCUT2D eigenvalue weighted by Gasteiger charge is -2.39. The number of aromatic nitrogens is 2. The Hall–Kier alpha value is -4.07. The van der Waals surface area contributed by atoms with E-state index >= 15 is 0 Å². The van der Waals surface area contributed by atoms with E-state index in [1.165, 1.54) is 12.8 Å². The molecule has 2 aromatic carbocycles. The van der Waals surface area contributed by atoms with Crippen molar-refractivity contribution in [2.24, 2.45) is 16.3 Å². The first-order valence-electron chi connectivity index (χ1n) is 15.4. The molecule has 3 heterocycles. The molecule has 8 nitrogen and oxygen atoms in total. The third-order valence-electron chi connectivity index (χ3n) is 9.07. The average Bonchev–Trinajstić information content (AvgIpc) is 3.92. The highest BCUT2D eigenvalue weighted by Gasteiger charge is 2.54. The lowest BCUT2D eigenvalue weighted by Crippen LogP contribution is -2.51. The van der Waals surface area contributed by atoms with Crippen molar-refractivity contribution in [3.8, 4) is 17.0 Å². The minimum atomic E-state index is -0.545. The van der Waals surface area contributed by atoms with Gasteiger partial charge in [0, 0.05) is 29.5 Å². The summed E-state index contributed by atoms with van der Waals surface area (Å²) in [5.41, 5.74) is 5.96. The van der Waals surface area contributed by atoms with Gasteiger partial charge in [0.05, 0.1) is 31.2 Å². The summed E-state index contributed by atoms with van der Waals surface area (Å²) in [5, 5.41) is 0. The van der Waals surface area contributed by atoms with E-state index in [2.05, 4.69) is 23.2 Å². The maximum atomic E-state index is 12.8. The van der Waals surface area contributed by atoms with Gasteiger partial charge in [-0.15, -0.1) is 0 Å². The van der Waals surface area contributed by atoms with Gasteiger partial charge in [-0.25, -0.2) is 9.78 Å². The van der Waals surface area contributed by atoms with E-state index in [4.69, 9.17) is 19.5 Å². The Morgan fingerprint density at radius 3 is 2.60 bits per heavy atom. The zero-order valence-electron chi connectivity index (χ0n) is 25.1. The monoisotopic (exact) mass is 578 g/mol. The Balaban J connectivity index is 1.10. The van der Waals surface area contributed by atoms with E-state index in [0.29, 0.717) is 43.5 Å². The Morgan fingerprint density at radius 2 is 1.84 bits per heavy atom. The van der Waals surface area contributed by atoms with Crippen molar-refractivity contribution in [1.82, 2.24) is 14.9 Å². The molecule has 0 N–H and O–H groups in total. The van der Waals surface area contributed by atoms with Crippen LogP contribution in [-0.2, 0) is 11.3 Å². The second-order valence-electron chi connectivity index (χ2n) is 13.6. The van der Waals surface area contributed by atoms with E-state index in [1.807, 2.05) is 45.0 Å². The number of Topliss-reactive ketones (excluding diaryl/α,β-unsaturated/α-hetero) is 1. The van der Waals surface area contributed by atoms with Crippen LogP contribution in [0.4, 0.5) is 4.79 Å². The summed E-state index contributed by atoms with van der Waals surface area (Å²) in [6.45, 7) is 7.37. The summed E-state index contributed by atoms with van der Waals surface area (Å²) in [7, 11) is 0. The molecular weight excluding hydrogens is 540 g/mol. The van der Waals surface area contributed by atoms with Crippen LogP contribution in [0.1, 0.15) is 86.5 Å². The van der Waals surface area contributed by atoms with Crippen LogP contribution < -0.4 is 4.74 Å². The minimum Gasteiger partial charge on any atom is -0.471 e. The number of ether oxygens (including phenoxy) is 2. The van der Waals surface area contributed by atoms with Crippen molar-refractivity contribution >= 4 is 17.6 Å². The van der Waals surface area contributed by atoms with Crippen LogP contribution in [0, 0.1) is 11.3 Å². The van der Waals surface area contributed by atoms with Gasteiger partial charge in [0.25, 0.3) is 0 Å². The van der Waals surface area contributed by atoms with Crippen molar-refractivity contribution in [2.75, 3.05) is 13.1 Å². The zero-order chi connectivity index (χ0) is 29.8. The van der Waals surface area contributed by atoms with Gasteiger partial charge in [-0.1, -0.05) is 30.3 Å². The Bertz CT molecular complexity index is 1620. The molecule has 7 rings (SSSR count). The Labute approximate surface area is 252 Å². The molecule has 0 bridgehead atoms. The molecule has 2 aliphatic carbocycles. The van der Waals surface area contributed by atoms with Gasteiger partial charge in [0.1, 0.15) is 17.4 Å². The summed E-state index contributed by atoms with van der Waals surface area (Å²) in [6.07, 6.45) is 8.93. The number of carbonyl (C=O) groups excluding carboxylic acids is 2. The highest BCUT2D eigenvalue weighted by molar-refractivity contribution is 6.14. The Morgan fingerprint density at radius 1 is 1.02 bits per heavy atom. The number of rotatable bonds is 7. The normalized spacial score (nSPS) is 20.4. The molecule has 1 aromatic heterocycles. The van der Waals surface area contributed by atoms with E-state index < -0.39 is 5.60 Å². The van der Waals surface area contributed by atoms with Crippen molar-refractivity contribution < 1.29 is 19.1 Å². The number of nitrogens with zero attached hydrogens (tertiary/aromatic N) is 4. The molecule has 0 unspecified atom stereocenters.